The first-order valence-electron chi connectivity index (χ1n) is 7.84. The van der Waals surface area contributed by atoms with Gasteiger partial charge in [0.2, 0.25) is 0 Å². The zero-order chi connectivity index (χ0) is 15.5. The highest BCUT2D eigenvalue weighted by Gasteiger charge is 2.07. The smallest absolute Gasteiger partial charge is 0.120 e. The number of nitrogens with zero attached hydrogens (tertiary/aromatic N) is 1. The summed E-state index contributed by atoms with van der Waals surface area (Å²) in [6, 6.07) is 8.14. The van der Waals surface area contributed by atoms with Crippen molar-refractivity contribution in [2.45, 2.75) is 26.7 Å². The summed E-state index contributed by atoms with van der Waals surface area (Å²) in [7, 11) is 1.69. The SMILES string of the molecule is COc1cccc(N(CCCN)CCOCCC(C)C)c1. The number of benzene rings is 1. The molecule has 2 N–H and O–H groups in total. The predicted molar refractivity (Wildman–Crippen MR) is 89.2 cm³/mol. The Morgan fingerprint density at radius 3 is 2.67 bits per heavy atom. The summed E-state index contributed by atoms with van der Waals surface area (Å²) in [6.45, 7) is 8.53. The molecule has 120 valence electrons. The van der Waals surface area contributed by atoms with Gasteiger partial charge >= 0.3 is 0 Å². The van der Waals surface area contributed by atoms with Crippen molar-refractivity contribution in [2.24, 2.45) is 11.7 Å². The Hall–Kier alpha value is -1.26. The minimum atomic E-state index is 0.691. The summed E-state index contributed by atoms with van der Waals surface area (Å²) in [5, 5.41) is 0. The van der Waals surface area contributed by atoms with E-state index in [-0.39, 0.29) is 0 Å². The molecule has 0 radical (unpaired) electrons. The first-order chi connectivity index (χ1) is 10.2. The lowest BCUT2D eigenvalue weighted by molar-refractivity contribution is 0.129. The quantitative estimate of drug-likeness (QED) is 0.638. The van der Waals surface area contributed by atoms with E-state index < -0.39 is 0 Å². The van der Waals surface area contributed by atoms with Crippen molar-refractivity contribution in [3.05, 3.63) is 24.3 Å². The van der Waals surface area contributed by atoms with Gasteiger partial charge in [-0.1, -0.05) is 19.9 Å². The van der Waals surface area contributed by atoms with Crippen LogP contribution in [0, 0.1) is 5.92 Å². The third-order valence-electron chi connectivity index (χ3n) is 3.40. The Labute approximate surface area is 129 Å². The van der Waals surface area contributed by atoms with Crippen molar-refractivity contribution >= 4 is 5.69 Å². The van der Waals surface area contributed by atoms with Gasteiger partial charge in [-0.15, -0.1) is 0 Å². The molecule has 0 unspecified atom stereocenters. The first-order valence-corrected chi connectivity index (χ1v) is 7.84. The van der Waals surface area contributed by atoms with E-state index in [1.54, 1.807) is 7.11 Å². The number of anilines is 1. The Kier molecular flexibility index (Phi) is 8.87. The molecule has 1 rings (SSSR count). The van der Waals surface area contributed by atoms with Gasteiger partial charge in [0.1, 0.15) is 5.75 Å². The molecular weight excluding hydrogens is 264 g/mol. The average molecular weight is 294 g/mol. The number of hydrogen-bond acceptors (Lipinski definition) is 4. The third kappa shape index (κ3) is 7.34. The van der Waals surface area contributed by atoms with Crippen molar-refractivity contribution < 1.29 is 9.47 Å². The topological polar surface area (TPSA) is 47.7 Å². The minimum absolute atomic E-state index is 0.691. The summed E-state index contributed by atoms with van der Waals surface area (Å²) in [5.74, 6) is 1.57. The zero-order valence-electron chi connectivity index (χ0n) is 13.7. The molecule has 1 aromatic rings. The summed E-state index contributed by atoms with van der Waals surface area (Å²) < 4.78 is 11.0. The Balaban J connectivity index is 2.50. The highest BCUT2D eigenvalue weighted by molar-refractivity contribution is 5.50. The molecule has 0 amide bonds. The first kappa shape index (κ1) is 17.8. The molecule has 0 heterocycles. The highest BCUT2D eigenvalue weighted by Crippen LogP contribution is 2.21. The van der Waals surface area contributed by atoms with E-state index in [9.17, 15) is 0 Å². The maximum Gasteiger partial charge on any atom is 0.120 e. The van der Waals surface area contributed by atoms with Crippen molar-refractivity contribution in [3.63, 3.8) is 0 Å². The van der Waals surface area contributed by atoms with Gasteiger partial charge in [-0.25, -0.2) is 0 Å². The molecule has 4 nitrogen and oxygen atoms in total. The molecule has 0 aromatic heterocycles. The molecule has 0 saturated heterocycles. The molecule has 0 spiro atoms. The molecule has 0 aliphatic rings. The van der Waals surface area contributed by atoms with Gasteiger partial charge in [0, 0.05) is 31.5 Å². The fraction of sp³-hybridized carbons (Fsp3) is 0.647. The van der Waals surface area contributed by atoms with Gasteiger partial charge in [-0.2, -0.15) is 0 Å². The average Bonchev–Trinajstić information content (AvgIpc) is 2.49. The lowest BCUT2D eigenvalue weighted by atomic mass is 10.1. The van der Waals surface area contributed by atoms with Gasteiger partial charge < -0.3 is 20.1 Å². The van der Waals surface area contributed by atoms with Gasteiger partial charge in [0.05, 0.1) is 13.7 Å². The molecule has 1 aromatic carbocycles. The van der Waals surface area contributed by atoms with E-state index in [4.69, 9.17) is 15.2 Å². The standard InChI is InChI=1S/C17H30N2O2/c1-15(2)8-12-21-13-11-19(10-5-9-18)16-6-4-7-17(14-16)20-3/h4,6-7,14-15H,5,8-13,18H2,1-3H3. The molecule has 0 fully saturated rings. The van der Waals surface area contributed by atoms with E-state index in [0.717, 1.165) is 50.6 Å². The van der Waals surface area contributed by atoms with E-state index in [1.165, 1.54) is 0 Å². The Bertz CT molecular complexity index is 383. The van der Waals surface area contributed by atoms with Crippen LogP contribution in [0.25, 0.3) is 0 Å². The minimum Gasteiger partial charge on any atom is -0.497 e. The molecular formula is C17H30N2O2. The van der Waals surface area contributed by atoms with E-state index in [2.05, 4.69) is 30.9 Å². The van der Waals surface area contributed by atoms with Crippen LogP contribution in [-0.4, -0.2) is 40.0 Å². The molecule has 0 saturated carbocycles. The maximum absolute atomic E-state index is 5.73. The predicted octanol–water partition coefficient (Wildman–Crippen LogP) is 2.91. The summed E-state index contributed by atoms with van der Waals surface area (Å²) in [5.41, 5.74) is 6.80. The van der Waals surface area contributed by atoms with E-state index in [0.29, 0.717) is 12.5 Å². The Morgan fingerprint density at radius 2 is 2.00 bits per heavy atom. The second kappa shape index (κ2) is 10.5. The second-order valence-corrected chi connectivity index (χ2v) is 5.63. The Morgan fingerprint density at radius 1 is 1.19 bits per heavy atom. The van der Waals surface area contributed by atoms with Crippen molar-refractivity contribution in [3.8, 4) is 5.75 Å². The van der Waals surface area contributed by atoms with E-state index >= 15 is 0 Å². The third-order valence-corrected chi connectivity index (χ3v) is 3.40. The second-order valence-electron chi connectivity index (χ2n) is 5.63. The zero-order valence-corrected chi connectivity index (χ0v) is 13.7. The van der Waals surface area contributed by atoms with Crippen molar-refractivity contribution in [2.75, 3.05) is 44.9 Å². The maximum atomic E-state index is 5.73. The van der Waals surface area contributed by atoms with Crippen LogP contribution in [0.4, 0.5) is 5.69 Å². The molecule has 0 aliphatic carbocycles. The summed E-state index contributed by atoms with van der Waals surface area (Å²) >= 11 is 0. The summed E-state index contributed by atoms with van der Waals surface area (Å²) in [6.07, 6.45) is 2.09. The van der Waals surface area contributed by atoms with Gasteiger partial charge in [-0.3, -0.25) is 0 Å². The highest BCUT2D eigenvalue weighted by atomic mass is 16.5. The van der Waals surface area contributed by atoms with Crippen LogP contribution in [-0.2, 0) is 4.74 Å². The molecule has 4 heteroatoms. The normalized spacial score (nSPS) is 10.9. The van der Waals surface area contributed by atoms with Crippen LogP contribution in [0.2, 0.25) is 0 Å². The van der Waals surface area contributed by atoms with Crippen molar-refractivity contribution in [1.29, 1.82) is 0 Å². The number of ether oxygens (including phenoxy) is 2. The van der Waals surface area contributed by atoms with Crippen LogP contribution >= 0.6 is 0 Å². The van der Waals surface area contributed by atoms with Crippen LogP contribution in [0.1, 0.15) is 26.7 Å². The lowest BCUT2D eigenvalue weighted by Crippen LogP contribution is -2.30. The van der Waals surface area contributed by atoms with Crippen LogP contribution in [0.3, 0.4) is 0 Å². The van der Waals surface area contributed by atoms with Gasteiger partial charge in [0.15, 0.2) is 0 Å². The van der Waals surface area contributed by atoms with Crippen LogP contribution in [0.5, 0.6) is 5.75 Å². The van der Waals surface area contributed by atoms with Gasteiger partial charge in [-0.05, 0) is 37.4 Å². The summed E-state index contributed by atoms with van der Waals surface area (Å²) in [4.78, 5) is 2.31. The molecule has 0 bridgehead atoms. The number of hydrogen-bond donors (Lipinski definition) is 1. The monoisotopic (exact) mass is 294 g/mol. The molecule has 21 heavy (non-hydrogen) atoms. The fourth-order valence-corrected chi connectivity index (χ4v) is 2.06. The van der Waals surface area contributed by atoms with Crippen LogP contribution in [0.15, 0.2) is 24.3 Å². The number of rotatable bonds is 11. The molecule has 0 atom stereocenters. The van der Waals surface area contributed by atoms with Gasteiger partial charge in [0.25, 0.3) is 0 Å². The number of methoxy groups -OCH3 is 1. The molecule has 0 aliphatic heterocycles. The lowest BCUT2D eigenvalue weighted by Gasteiger charge is -2.25. The van der Waals surface area contributed by atoms with Crippen molar-refractivity contribution in [1.82, 2.24) is 0 Å². The largest absolute Gasteiger partial charge is 0.497 e. The van der Waals surface area contributed by atoms with Crippen LogP contribution < -0.4 is 15.4 Å². The van der Waals surface area contributed by atoms with E-state index in [1.807, 2.05) is 12.1 Å². The number of nitrogens with two attached hydrogens (primary N) is 1. The fourth-order valence-electron chi connectivity index (χ4n) is 2.06.